The molecule has 0 aliphatic rings. The van der Waals surface area contributed by atoms with Crippen LogP contribution in [-0.4, -0.2) is 44.0 Å². The van der Waals surface area contributed by atoms with Gasteiger partial charge in [0.1, 0.15) is 5.82 Å². The summed E-state index contributed by atoms with van der Waals surface area (Å²) in [5.41, 5.74) is 1.35. The first-order valence-electron chi connectivity index (χ1n) is 8.91. The molecule has 150 valence electrons. The van der Waals surface area contributed by atoms with Crippen LogP contribution in [0.5, 0.6) is 11.5 Å². The summed E-state index contributed by atoms with van der Waals surface area (Å²) >= 11 is 0. The van der Waals surface area contributed by atoms with Crippen molar-refractivity contribution in [3.05, 3.63) is 59.4 Å². The molecule has 2 rings (SSSR count). The predicted molar refractivity (Wildman–Crippen MR) is 104 cm³/mol. The number of methoxy groups -OCH3 is 2. The minimum atomic E-state index is -0.316. The molecule has 0 saturated carbocycles. The van der Waals surface area contributed by atoms with Crippen molar-refractivity contribution in [1.82, 2.24) is 10.2 Å². The first-order valence-corrected chi connectivity index (χ1v) is 8.91. The molecule has 0 bridgehead atoms. The summed E-state index contributed by atoms with van der Waals surface area (Å²) in [7, 11) is 3.09. The second kappa shape index (κ2) is 10.3. The molecule has 1 N–H and O–H groups in total. The Bertz CT molecular complexity index is 826. The number of nitrogens with zero attached hydrogens (tertiary/aromatic N) is 1. The molecule has 0 unspecified atom stereocenters. The van der Waals surface area contributed by atoms with Gasteiger partial charge in [0.25, 0.3) is 0 Å². The lowest BCUT2D eigenvalue weighted by molar-refractivity contribution is -0.134. The molecule has 0 aliphatic carbocycles. The highest BCUT2D eigenvalue weighted by molar-refractivity contribution is 5.83. The smallest absolute Gasteiger partial charge is 0.239 e. The van der Waals surface area contributed by atoms with Crippen molar-refractivity contribution < 1.29 is 23.5 Å². The van der Waals surface area contributed by atoms with Gasteiger partial charge >= 0.3 is 0 Å². The molecule has 0 heterocycles. The Morgan fingerprint density at radius 1 is 1.07 bits per heavy atom. The predicted octanol–water partition coefficient (Wildman–Crippen LogP) is 2.55. The molecule has 0 radical (unpaired) electrons. The molecule has 0 saturated heterocycles. The lowest BCUT2D eigenvalue weighted by atomic mass is 10.1. The number of halogens is 1. The van der Waals surface area contributed by atoms with Crippen LogP contribution in [0.25, 0.3) is 0 Å². The molecule has 0 atom stereocenters. The van der Waals surface area contributed by atoms with E-state index in [1.807, 2.05) is 6.07 Å². The number of ether oxygens (including phenoxy) is 2. The van der Waals surface area contributed by atoms with Crippen LogP contribution >= 0.6 is 0 Å². The molecular weight excluding hydrogens is 363 g/mol. The number of amides is 2. The maximum atomic E-state index is 13.7. The van der Waals surface area contributed by atoms with E-state index in [2.05, 4.69) is 5.32 Å². The maximum absolute atomic E-state index is 13.7. The van der Waals surface area contributed by atoms with Gasteiger partial charge in [-0.3, -0.25) is 9.59 Å². The van der Waals surface area contributed by atoms with Crippen molar-refractivity contribution in [2.75, 3.05) is 27.3 Å². The van der Waals surface area contributed by atoms with Crippen LogP contribution in [0.1, 0.15) is 18.1 Å². The van der Waals surface area contributed by atoms with Gasteiger partial charge in [-0.25, -0.2) is 4.39 Å². The van der Waals surface area contributed by atoms with Crippen molar-refractivity contribution in [1.29, 1.82) is 0 Å². The number of nitrogens with one attached hydrogen (secondary N) is 1. The van der Waals surface area contributed by atoms with Crippen LogP contribution in [0.2, 0.25) is 0 Å². The van der Waals surface area contributed by atoms with Gasteiger partial charge in [0.05, 0.1) is 20.8 Å². The van der Waals surface area contributed by atoms with Crippen molar-refractivity contribution >= 4 is 11.8 Å². The highest BCUT2D eigenvalue weighted by Gasteiger charge is 2.15. The van der Waals surface area contributed by atoms with Gasteiger partial charge in [-0.2, -0.15) is 0 Å². The topological polar surface area (TPSA) is 67.9 Å². The van der Waals surface area contributed by atoms with Crippen LogP contribution in [0.15, 0.2) is 42.5 Å². The van der Waals surface area contributed by atoms with Crippen molar-refractivity contribution in [3.8, 4) is 11.5 Å². The van der Waals surface area contributed by atoms with E-state index in [4.69, 9.17) is 9.47 Å². The van der Waals surface area contributed by atoms with Gasteiger partial charge in [0.15, 0.2) is 11.5 Å². The zero-order valence-electron chi connectivity index (χ0n) is 16.3. The molecule has 2 aromatic carbocycles. The summed E-state index contributed by atoms with van der Waals surface area (Å²) in [6, 6.07) is 11.8. The zero-order chi connectivity index (χ0) is 20.5. The molecule has 0 fully saturated rings. The second-order valence-corrected chi connectivity index (χ2v) is 6.25. The highest BCUT2D eigenvalue weighted by Crippen LogP contribution is 2.27. The normalized spacial score (nSPS) is 10.3. The van der Waals surface area contributed by atoms with E-state index >= 15 is 0 Å². The third-order valence-electron chi connectivity index (χ3n) is 4.33. The summed E-state index contributed by atoms with van der Waals surface area (Å²) in [4.78, 5) is 25.5. The number of carbonyl (C=O) groups is 2. The molecule has 2 aromatic rings. The minimum absolute atomic E-state index is 0.0862. The number of carbonyl (C=O) groups excluding carboxylic acids is 2. The zero-order valence-corrected chi connectivity index (χ0v) is 16.3. The third kappa shape index (κ3) is 5.97. The number of rotatable bonds is 9. The van der Waals surface area contributed by atoms with Gasteiger partial charge in [0.2, 0.25) is 11.8 Å². The molecule has 28 heavy (non-hydrogen) atoms. The quantitative estimate of drug-likeness (QED) is 0.717. The molecule has 0 spiro atoms. The number of hydrogen-bond acceptors (Lipinski definition) is 4. The Labute approximate surface area is 164 Å². The summed E-state index contributed by atoms with van der Waals surface area (Å²) < 4.78 is 24.2. The van der Waals surface area contributed by atoms with Crippen LogP contribution in [0.4, 0.5) is 4.39 Å². The average molecular weight is 388 g/mol. The van der Waals surface area contributed by atoms with E-state index in [1.165, 1.54) is 17.9 Å². The van der Waals surface area contributed by atoms with E-state index in [9.17, 15) is 14.0 Å². The number of benzene rings is 2. The lowest BCUT2D eigenvalue weighted by Crippen LogP contribution is -2.40. The Morgan fingerprint density at radius 2 is 1.79 bits per heavy atom. The van der Waals surface area contributed by atoms with E-state index in [1.54, 1.807) is 44.6 Å². The van der Waals surface area contributed by atoms with Gasteiger partial charge in [-0.15, -0.1) is 0 Å². The Balaban J connectivity index is 1.90. The lowest BCUT2D eigenvalue weighted by Gasteiger charge is -2.21. The van der Waals surface area contributed by atoms with E-state index < -0.39 is 0 Å². The second-order valence-electron chi connectivity index (χ2n) is 6.25. The van der Waals surface area contributed by atoms with Crippen LogP contribution in [-0.2, 0) is 22.6 Å². The summed E-state index contributed by atoms with van der Waals surface area (Å²) in [6.07, 6.45) is 0.342. The van der Waals surface area contributed by atoms with Crippen molar-refractivity contribution in [3.63, 3.8) is 0 Å². The van der Waals surface area contributed by atoms with E-state index in [0.717, 1.165) is 5.56 Å². The fraction of sp³-hybridized carbons (Fsp3) is 0.333. The van der Waals surface area contributed by atoms with Gasteiger partial charge in [0, 0.05) is 20.0 Å². The highest BCUT2D eigenvalue weighted by atomic mass is 19.1. The van der Waals surface area contributed by atoms with Crippen molar-refractivity contribution in [2.24, 2.45) is 0 Å². The SMILES string of the molecule is COc1ccc(CNC(=O)CN(CCc2ccccc2F)C(C)=O)cc1OC. The van der Waals surface area contributed by atoms with Crippen LogP contribution in [0, 0.1) is 5.82 Å². The van der Waals surface area contributed by atoms with E-state index in [0.29, 0.717) is 23.5 Å². The summed E-state index contributed by atoms with van der Waals surface area (Å²) in [5, 5.41) is 2.78. The van der Waals surface area contributed by atoms with Crippen molar-refractivity contribution in [2.45, 2.75) is 19.9 Å². The van der Waals surface area contributed by atoms with Gasteiger partial charge < -0.3 is 19.7 Å². The van der Waals surface area contributed by atoms with Crippen LogP contribution < -0.4 is 14.8 Å². The summed E-state index contributed by atoms with van der Waals surface area (Å²) in [6.45, 7) is 1.86. The fourth-order valence-corrected chi connectivity index (χ4v) is 2.72. The Morgan fingerprint density at radius 3 is 2.43 bits per heavy atom. The Kier molecular flexibility index (Phi) is 7.80. The first-order chi connectivity index (χ1) is 13.4. The van der Waals surface area contributed by atoms with Gasteiger partial charge in [-0.05, 0) is 35.7 Å². The van der Waals surface area contributed by atoms with E-state index in [-0.39, 0.29) is 37.3 Å². The van der Waals surface area contributed by atoms with Crippen LogP contribution in [0.3, 0.4) is 0 Å². The molecule has 6 nitrogen and oxygen atoms in total. The molecule has 0 aromatic heterocycles. The first kappa shape index (κ1) is 21.2. The minimum Gasteiger partial charge on any atom is -0.493 e. The molecule has 2 amide bonds. The largest absolute Gasteiger partial charge is 0.493 e. The fourth-order valence-electron chi connectivity index (χ4n) is 2.72. The maximum Gasteiger partial charge on any atom is 0.239 e. The average Bonchev–Trinajstić information content (AvgIpc) is 2.70. The monoisotopic (exact) mass is 388 g/mol. The van der Waals surface area contributed by atoms with Gasteiger partial charge in [-0.1, -0.05) is 24.3 Å². The standard InChI is InChI=1S/C21H25FN2O4/c1-15(25)24(11-10-17-6-4-5-7-18(17)22)14-21(26)23-13-16-8-9-19(27-2)20(12-16)28-3/h4-9,12H,10-11,13-14H2,1-3H3,(H,23,26). The number of hydrogen-bond donors (Lipinski definition) is 1. The third-order valence-corrected chi connectivity index (χ3v) is 4.33. The molecule has 0 aliphatic heterocycles. The molecule has 7 heteroatoms. The summed E-state index contributed by atoms with van der Waals surface area (Å²) in [5.74, 6) is 0.331. The molecular formula is C21H25FN2O4. The Hall–Kier alpha value is -3.09.